The Labute approximate surface area is 102 Å². The predicted molar refractivity (Wildman–Crippen MR) is 65.8 cm³/mol. The Hall–Kier alpha value is -1.29. The van der Waals surface area contributed by atoms with E-state index in [9.17, 15) is 9.90 Å². The summed E-state index contributed by atoms with van der Waals surface area (Å²) in [7, 11) is 0. The zero-order valence-electron chi connectivity index (χ0n) is 10.5. The zero-order chi connectivity index (χ0) is 12.4. The van der Waals surface area contributed by atoms with Crippen molar-refractivity contribution in [2.24, 2.45) is 5.92 Å². The van der Waals surface area contributed by atoms with Gasteiger partial charge in [-0.3, -0.25) is 4.79 Å². The molecule has 2 heterocycles. The van der Waals surface area contributed by atoms with Crippen molar-refractivity contribution in [1.29, 1.82) is 0 Å². The highest BCUT2D eigenvalue weighted by molar-refractivity contribution is 5.92. The van der Waals surface area contributed by atoms with E-state index in [-0.39, 0.29) is 17.9 Å². The highest BCUT2D eigenvalue weighted by atomic mass is 16.3. The average molecular weight is 236 g/mol. The molecule has 17 heavy (non-hydrogen) atoms. The van der Waals surface area contributed by atoms with Crippen LogP contribution in [-0.2, 0) is 6.54 Å². The molecule has 2 unspecified atom stereocenters. The van der Waals surface area contributed by atoms with Gasteiger partial charge in [-0.1, -0.05) is 6.92 Å². The Morgan fingerprint density at radius 1 is 1.59 bits per heavy atom. The van der Waals surface area contributed by atoms with Crippen LogP contribution in [0.3, 0.4) is 0 Å². The number of hydrogen-bond acceptors (Lipinski definition) is 2. The first-order chi connectivity index (χ1) is 8.13. The van der Waals surface area contributed by atoms with Crippen molar-refractivity contribution in [2.75, 3.05) is 13.1 Å². The fourth-order valence-electron chi connectivity index (χ4n) is 2.36. The van der Waals surface area contributed by atoms with E-state index in [2.05, 4.69) is 0 Å². The maximum atomic E-state index is 12.3. The van der Waals surface area contributed by atoms with E-state index in [1.807, 2.05) is 41.6 Å². The molecular formula is C13H20N2O2. The van der Waals surface area contributed by atoms with Crippen LogP contribution in [-0.4, -0.2) is 39.7 Å². The van der Waals surface area contributed by atoms with Gasteiger partial charge in [0.25, 0.3) is 5.91 Å². The van der Waals surface area contributed by atoms with Crippen LogP contribution < -0.4 is 0 Å². The Balaban J connectivity index is 2.10. The van der Waals surface area contributed by atoms with Crippen molar-refractivity contribution in [3.8, 4) is 0 Å². The van der Waals surface area contributed by atoms with Crippen LogP contribution in [0, 0.1) is 5.92 Å². The highest BCUT2D eigenvalue weighted by Crippen LogP contribution is 2.18. The van der Waals surface area contributed by atoms with Crippen LogP contribution in [0.25, 0.3) is 0 Å². The molecule has 4 heteroatoms. The van der Waals surface area contributed by atoms with Crippen LogP contribution in [0.2, 0.25) is 0 Å². The van der Waals surface area contributed by atoms with E-state index < -0.39 is 0 Å². The number of carbonyl (C=O) groups is 1. The lowest BCUT2D eigenvalue weighted by molar-refractivity contribution is 0.0291. The number of carbonyl (C=O) groups excluding carboxylic acids is 1. The van der Waals surface area contributed by atoms with Crippen LogP contribution in [0.5, 0.6) is 0 Å². The number of amides is 1. The molecule has 2 atom stereocenters. The number of aliphatic hydroxyl groups excluding tert-OH is 1. The molecule has 0 bridgehead atoms. The van der Waals surface area contributed by atoms with Crippen LogP contribution in [0.4, 0.5) is 0 Å². The monoisotopic (exact) mass is 236 g/mol. The molecular weight excluding hydrogens is 216 g/mol. The quantitative estimate of drug-likeness (QED) is 0.842. The van der Waals surface area contributed by atoms with Gasteiger partial charge in [0.2, 0.25) is 0 Å². The summed E-state index contributed by atoms with van der Waals surface area (Å²) >= 11 is 0. The molecule has 2 rings (SSSR count). The molecule has 1 aliphatic rings. The van der Waals surface area contributed by atoms with E-state index >= 15 is 0 Å². The van der Waals surface area contributed by atoms with E-state index in [1.54, 1.807) is 0 Å². The number of aromatic nitrogens is 1. The number of aryl methyl sites for hydroxylation is 1. The molecule has 1 aromatic heterocycles. The van der Waals surface area contributed by atoms with E-state index in [0.717, 1.165) is 12.2 Å². The van der Waals surface area contributed by atoms with Gasteiger partial charge >= 0.3 is 0 Å². The minimum atomic E-state index is -0.267. The van der Waals surface area contributed by atoms with Gasteiger partial charge in [-0.25, -0.2) is 0 Å². The summed E-state index contributed by atoms with van der Waals surface area (Å²) in [6, 6.07) is 3.76. The van der Waals surface area contributed by atoms with Crippen molar-refractivity contribution in [3.63, 3.8) is 0 Å². The Morgan fingerprint density at radius 2 is 2.35 bits per heavy atom. The third kappa shape index (κ3) is 2.36. The topological polar surface area (TPSA) is 45.5 Å². The molecule has 0 aliphatic carbocycles. The lowest BCUT2D eigenvalue weighted by Crippen LogP contribution is -2.45. The Bertz CT molecular complexity index is 400. The van der Waals surface area contributed by atoms with Crippen molar-refractivity contribution >= 4 is 5.91 Å². The second kappa shape index (κ2) is 4.92. The first-order valence-corrected chi connectivity index (χ1v) is 6.26. The summed E-state index contributed by atoms with van der Waals surface area (Å²) in [5, 5.41) is 9.67. The maximum absolute atomic E-state index is 12.3. The molecule has 4 nitrogen and oxygen atoms in total. The van der Waals surface area contributed by atoms with Gasteiger partial charge in [0.1, 0.15) is 5.69 Å². The average Bonchev–Trinajstić information content (AvgIpc) is 2.80. The summed E-state index contributed by atoms with van der Waals surface area (Å²) in [6.07, 6.45) is 2.34. The maximum Gasteiger partial charge on any atom is 0.270 e. The van der Waals surface area contributed by atoms with E-state index in [1.165, 1.54) is 0 Å². The Morgan fingerprint density at radius 3 is 3.00 bits per heavy atom. The molecule has 0 radical (unpaired) electrons. The molecule has 1 aliphatic heterocycles. The highest BCUT2D eigenvalue weighted by Gasteiger charge is 2.28. The standard InChI is InChI=1S/C13H20N2O2/c1-3-14-7-4-5-11(14)13(17)15-8-6-12(16)10(2)9-15/h4-5,7,10,12,16H,3,6,8-9H2,1-2H3. The SMILES string of the molecule is CCn1cccc1C(=O)N1CCC(O)C(C)C1. The van der Waals surface area contributed by atoms with Gasteiger partial charge in [-0.15, -0.1) is 0 Å². The molecule has 0 aromatic carbocycles. The van der Waals surface area contributed by atoms with Gasteiger partial charge in [0.05, 0.1) is 6.10 Å². The first kappa shape index (κ1) is 12.2. The number of likely N-dealkylation sites (tertiary alicyclic amines) is 1. The van der Waals surface area contributed by atoms with Crippen LogP contribution >= 0.6 is 0 Å². The summed E-state index contributed by atoms with van der Waals surface area (Å²) in [6.45, 7) is 6.12. The molecule has 0 spiro atoms. The smallest absolute Gasteiger partial charge is 0.270 e. The van der Waals surface area contributed by atoms with Crippen molar-refractivity contribution in [1.82, 2.24) is 9.47 Å². The van der Waals surface area contributed by atoms with E-state index in [4.69, 9.17) is 0 Å². The molecule has 1 N–H and O–H groups in total. The zero-order valence-corrected chi connectivity index (χ0v) is 10.5. The normalized spacial score (nSPS) is 25.0. The third-order valence-electron chi connectivity index (χ3n) is 3.54. The minimum absolute atomic E-state index is 0.0793. The summed E-state index contributed by atoms with van der Waals surface area (Å²) in [4.78, 5) is 14.2. The second-order valence-corrected chi connectivity index (χ2v) is 4.76. The van der Waals surface area contributed by atoms with Crippen LogP contribution in [0.1, 0.15) is 30.8 Å². The summed E-state index contributed by atoms with van der Waals surface area (Å²) < 4.78 is 1.96. The number of nitrogens with zero attached hydrogens (tertiary/aromatic N) is 2. The lowest BCUT2D eigenvalue weighted by Gasteiger charge is -2.34. The van der Waals surface area contributed by atoms with Gasteiger partial charge < -0.3 is 14.6 Å². The minimum Gasteiger partial charge on any atom is -0.393 e. The largest absolute Gasteiger partial charge is 0.393 e. The first-order valence-electron chi connectivity index (χ1n) is 6.26. The summed E-state index contributed by atoms with van der Waals surface area (Å²) in [5.41, 5.74) is 0.746. The number of piperidine rings is 1. The van der Waals surface area contributed by atoms with Crippen molar-refractivity contribution in [3.05, 3.63) is 24.0 Å². The molecule has 1 aromatic rings. The Kier molecular flexibility index (Phi) is 3.52. The van der Waals surface area contributed by atoms with Gasteiger partial charge in [0.15, 0.2) is 0 Å². The fourth-order valence-corrected chi connectivity index (χ4v) is 2.36. The van der Waals surface area contributed by atoms with Crippen molar-refractivity contribution in [2.45, 2.75) is 32.9 Å². The number of rotatable bonds is 2. The van der Waals surface area contributed by atoms with Gasteiger partial charge in [0, 0.05) is 25.8 Å². The molecule has 94 valence electrons. The van der Waals surface area contributed by atoms with Gasteiger partial charge in [-0.2, -0.15) is 0 Å². The lowest BCUT2D eigenvalue weighted by atomic mass is 9.96. The second-order valence-electron chi connectivity index (χ2n) is 4.76. The third-order valence-corrected chi connectivity index (χ3v) is 3.54. The van der Waals surface area contributed by atoms with Crippen LogP contribution in [0.15, 0.2) is 18.3 Å². The molecule has 1 amide bonds. The summed E-state index contributed by atoms with van der Waals surface area (Å²) in [5.74, 6) is 0.244. The number of hydrogen-bond donors (Lipinski definition) is 1. The molecule has 1 saturated heterocycles. The molecule has 0 saturated carbocycles. The van der Waals surface area contributed by atoms with Crippen molar-refractivity contribution < 1.29 is 9.90 Å². The fraction of sp³-hybridized carbons (Fsp3) is 0.615. The number of aliphatic hydroxyl groups is 1. The molecule has 1 fully saturated rings. The van der Waals surface area contributed by atoms with E-state index in [0.29, 0.717) is 19.5 Å². The van der Waals surface area contributed by atoms with Gasteiger partial charge in [-0.05, 0) is 31.4 Å². The predicted octanol–water partition coefficient (Wildman–Crippen LogP) is 1.35.